The maximum atomic E-state index is 11.3. The van der Waals surface area contributed by atoms with Crippen LogP contribution in [0.3, 0.4) is 0 Å². The molecule has 0 aromatic rings. The van der Waals surface area contributed by atoms with Gasteiger partial charge in [0.05, 0.1) is 0 Å². The predicted octanol–water partition coefficient (Wildman–Crippen LogP) is 3.09. The second kappa shape index (κ2) is 5.10. The minimum atomic E-state index is -1.21. The second-order valence-electron chi connectivity index (χ2n) is 6.48. The van der Waals surface area contributed by atoms with E-state index in [0.717, 1.165) is 19.3 Å². The summed E-state index contributed by atoms with van der Waals surface area (Å²) in [7, 11) is -1.21. The SMILES string of the molecule is CC(=O)O[C@]1(O[SiH](C)C)CC[C@@H](C(C)(C)C)C1. The normalized spacial score (nSPS) is 29.7. The van der Waals surface area contributed by atoms with Crippen LogP contribution in [0, 0.1) is 11.3 Å². The highest BCUT2D eigenvalue weighted by molar-refractivity contribution is 6.48. The number of ether oxygens (including phenoxy) is 1. The van der Waals surface area contributed by atoms with Gasteiger partial charge in [0.15, 0.2) is 9.04 Å². The van der Waals surface area contributed by atoms with Crippen molar-refractivity contribution in [3.8, 4) is 0 Å². The molecule has 1 aliphatic rings. The van der Waals surface area contributed by atoms with Crippen LogP contribution in [0.4, 0.5) is 0 Å². The van der Waals surface area contributed by atoms with Crippen molar-refractivity contribution < 1.29 is 14.0 Å². The molecule has 0 bridgehead atoms. The first-order valence-electron chi connectivity index (χ1n) is 6.52. The Bertz CT molecular complexity index is 283. The average molecular weight is 258 g/mol. The summed E-state index contributed by atoms with van der Waals surface area (Å²) in [6.45, 7) is 12.4. The number of carbonyl (C=O) groups is 1. The van der Waals surface area contributed by atoms with Crippen LogP contribution in [0.1, 0.15) is 47.0 Å². The van der Waals surface area contributed by atoms with E-state index in [-0.39, 0.29) is 11.4 Å². The molecule has 2 atom stereocenters. The zero-order chi connectivity index (χ0) is 13.3. The van der Waals surface area contributed by atoms with Gasteiger partial charge in [0, 0.05) is 19.8 Å². The molecule has 1 saturated carbocycles. The lowest BCUT2D eigenvalue weighted by Crippen LogP contribution is -2.39. The fourth-order valence-corrected chi connectivity index (χ4v) is 3.75. The highest BCUT2D eigenvalue weighted by atomic mass is 28.3. The number of esters is 1. The van der Waals surface area contributed by atoms with Crippen LogP contribution in [0.5, 0.6) is 0 Å². The summed E-state index contributed by atoms with van der Waals surface area (Å²) >= 11 is 0. The lowest BCUT2D eigenvalue weighted by atomic mass is 9.79. The maximum Gasteiger partial charge on any atom is 0.305 e. The van der Waals surface area contributed by atoms with Gasteiger partial charge in [0.25, 0.3) is 0 Å². The lowest BCUT2D eigenvalue weighted by molar-refractivity contribution is -0.196. The zero-order valence-electron chi connectivity index (χ0n) is 12.0. The molecule has 0 heterocycles. The molecular formula is C13H26O3Si. The smallest absolute Gasteiger partial charge is 0.305 e. The largest absolute Gasteiger partial charge is 0.434 e. The molecule has 0 amide bonds. The Kier molecular flexibility index (Phi) is 4.41. The van der Waals surface area contributed by atoms with Gasteiger partial charge in [-0.2, -0.15) is 0 Å². The van der Waals surface area contributed by atoms with Crippen LogP contribution < -0.4 is 0 Å². The predicted molar refractivity (Wildman–Crippen MR) is 71.3 cm³/mol. The number of hydrogen-bond acceptors (Lipinski definition) is 3. The van der Waals surface area contributed by atoms with E-state index in [1.165, 1.54) is 6.92 Å². The van der Waals surface area contributed by atoms with Crippen LogP contribution in [0.15, 0.2) is 0 Å². The Balaban J connectivity index is 2.77. The summed E-state index contributed by atoms with van der Waals surface area (Å²) in [4.78, 5) is 11.3. The second-order valence-corrected chi connectivity index (χ2v) is 8.81. The third kappa shape index (κ3) is 4.10. The van der Waals surface area contributed by atoms with Gasteiger partial charge < -0.3 is 9.16 Å². The number of rotatable bonds is 3. The first kappa shape index (κ1) is 14.7. The van der Waals surface area contributed by atoms with Crippen molar-refractivity contribution in [2.24, 2.45) is 11.3 Å². The van der Waals surface area contributed by atoms with Crippen LogP contribution in [-0.2, 0) is 14.0 Å². The minimum absolute atomic E-state index is 0.228. The first-order chi connectivity index (χ1) is 7.65. The van der Waals surface area contributed by atoms with Crippen LogP contribution in [-0.4, -0.2) is 20.8 Å². The summed E-state index contributed by atoms with van der Waals surface area (Å²) < 4.78 is 11.5. The van der Waals surface area contributed by atoms with E-state index in [4.69, 9.17) is 9.16 Å². The van der Waals surface area contributed by atoms with E-state index in [0.29, 0.717) is 5.92 Å². The molecule has 100 valence electrons. The van der Waals surface area contributed by atoms with Crippen LogP contribution >= 0.6 is 0 Å². The van der Waals surface area contributed by atoms with Crippen molar-refractivity contribution in [2.75, 3.05) is 0 Å². The van der Waals surface area contributed by atoms with E-state index in [9.17, 15) is 4.79 Å². The van der Waals surface area contributed by atoms with Crippen LogP contribution in [0.2, 0.25) is 13.1 Å². The van der Waals surface area contributed by atoms with Gasteiger partial charge in [-0.1, -0.05) is 20.8 Å². The molecule has 4 heteroatoms. The number of hydrogen-bond donors (Lipinski definition) is 0. The van der Waals surface area contributed by atoms with Crippen molar-refractivity contribution in [3.05, 3.63) is 0 Å². The van der Waals surface area contributed by atoms with Crippen molar-refractivity contribution in [3.63, 3.8) is 0 Å². The molecule has 3 nitrogen and oxygen atoms in total. The van der Waals surface area contributed by atoms with E-state index in [1.807, 2.05) is 0 Å². The van der Waals surface area contributed by atoms with Gasteiger partial charge in [0.2, 0.25) is 5.79 Å². The average Bonchev–Trinajstić information content (AvgIpc) is 2.44. The Hall–Kier alpha value is -0.353. The topological polar surface area (TPSA) is 35.5 Å². The number of carbonyl (C=O) groups excluding carboxylic acids is 1. The summed E-state index contributed by atoms with van der Waals surface area (Å²) in [5, 5.41) is 0. The lowest BCUT2D eigenvalue weighted by Gasteiger charge is -2.33. The van der Waals surface area contributed by atoms with Crippen molar-refractivity contribution in [1.82, 2.24) is 0 Å². The van der Waals surface area contributed by atoms with E-state index in [2.05, 4.69) is 33.9 Å². The monoisotopic (exact) mass is 258 g/mol. The Labute approximate surface area is 107 Å². The third-order valence-corrected chi connectivity index (χ3v) is 4.34. The maximum absolute atomic E-state index is 11.3. The minimum Gasteiger partial charge on any atom is -0.434 e. The Morgan fingerprint density at radius 1 is 1.35 bits per heavy atom. The van der Waals surface area contributed by atoms with Gasteiger partial charge in [0.1, 0.15) is 0 Å². The Morgan fingerprint density at radius 2 is 1.94 bits per heavy atom. The van der Waals surface area contributed by atoms with Crippen molar-refractivity contribution >= 4 is 15.0 Å². The van der Waals surface area contributed by atoms with Gasteiger partial charge in [-0.05, 0) is 30.8 Å². The van der Waals surface area contributed by atoms with Gasteiger partial charge >= 0.3 is 5.97 Å². The molecule has 0 radical (unpaired) electrons. The van der Waals surface area contributed by atoms with Crippen molar-refractivity contribution in [2.45, 2.75) is 65.8 Å². The van der Waals surface area contributed by atoms with E-state index < -0.39 is 14.8 Å². The summed E-state index contributed by atoms with van der Waals surface area (Å²) in [6.07, 6.45) is 2.78. The molecule has 0 saturated heterocycles. The molecule has 0 spiro atoms. The summed E-state index contributed by atoms with van der Waals surface area (Å²) in [6, 6.07) is 0. The molecule has 0 aliphatic heterocycles. The summed E-state index contributed by atoms with van der Waals surface area (Å²) in [5.41, 5.74) is 0.254. The first-order valence-corrected chi connectivity index (χ1v) is 9.30. The third-order valence-electron chi connectivity index (χ3n) is 3.44. The summed E-state index contributed by atoms with van der Waals surface area (Å²) in [5.74, 6) is -0.284. The molecule has 0 unspecified atom stereocenters. The molecule has 0 aromatic heterocycles. The molecule has 0 aromatic carbocycles. The zero-order valence-corrected chi connectivity index (χ0v) is 13.2. The van der Waals surface area contributed by atoms with Gasteiger partial charge in [-0.3, -0.25) is 4.79 Å². The van der Waals surface area contributed by atoms with Gasteiger partial charge in [-0.25, -0.2) is 0 Å². The van der Waals surface area contributed by atoms with E-state index >= 15 is 0 Å². The highest BCUT2D eigenvalue weighted by Gasteiger charge is 2.46. The van der Waals surface area contributed by atoms with Crippen molar-refractivity contribution in [1.29, 1.82) is 0 Å². The molecule has 1 fully saturated rings. The van der Waals surface area contributed by atoms with Gasteiger partial charge in [-0.15, -0.1) is 0 Å². The molecule has 1 rings (SSSR count). The quantitative estimate of drug-likeness (QED) is 0.443. The molecule has 0 N–H and O–H groups in total. The molecular weight excluding hydrogens is 232 g/mol. The fourth-order valence-electron chi connectivity index (χ4n) is 2.63. The Morgan fingerprint density at radius 3 is 2.29 bits per heavy atom. The molecule has 1 aliphatic carbocycles. The standard InChI is InChI=1S/C13H26O3Si/c1-10(14)15-13(16-17(5)6)8-7-11(9-13)12(2,3)4/h11,17H,7-9H2,1-6H3/t11-,13+/m1/s1. The van der Waals surface area contributed by atoms with E-state index in [1.54, 1.807) is 0 Å². The fraction of sp³-hybridized carbons (Fsp3) is 0.923. The highest BCUT2D eigenvalue weighted by Crippen LogP contribution is 2.46. The van der Waals surface area contributed by atoms with Crippen LogP contribution in [0.25, 0.3) is 0 Å². The molecule has 17 heavy (non-hydrogen) atoms.